The molecule has 0 amide bonds. The van der Waals surface area contributed by atoms with Gasteiger partial charge in [-0.25, -0.2) is 4.39 Å². The number of nitrogens with one attached hydrogen (secondary N) is 1. The molecule has 28 heavy (non-hydrogen) atoms. The molecule has 0 fully saturated rings. The lowest BCUT2D eigenvalue weighted by Gasteiger charge is -2.18. The zero-order valence-electron chi connectivity index (χ0n) is 16.2. The quantitative estimate of drug-likeness (QED) is 0.712. The summed E-state index contributed by atoms with van der Waals surface area (Å²) in [5.41, 5.74) is 11.0. The molecule has 0 bridgehead atoms. The number of H-pyrrole nitrogens is 1. The van der Waals surface area contributed by atoms with E-state index in [0.717, 1.165) is 33.2 Å². The zero-order valence-corrected chi connectivity index (χ0v) is 16.2. The van der Waals surface area contributed by atoms with Crippen LogP contribution in [0.1, 0.15) is 35.1 Å². The Bertz CT molecular complexity index is 1180. The van der Waals surface area contributed by atoms with Gasteiger partial charge in [-0.3, -0.25) is 4.79 Å². The number of rotatable bonds is 4. The van der Waals surface area contributed by atoms with E-state index < -0.39 is 0 Å². The number of hydrogen-bond acceptors (Lipinski definition) is 3. The van der Waals surface area contributed by atoms with Gasteiger partial charge in [-0.15, -0.1) is 0 Å². The minimum absolute atomic E-state index is 0.0609. The van der Waals surface area contributed by atoms with Gasteiger partial charge in [0.2, 0.25) is 0 Å². The minimum Gasteiger partial charge on any atom is -0.496 e. The van der Waals surface area contributed by atoms with Gasteiger partial charge in [0, 0.05) is 16.5 Å². The highest BCUT2D eigenvalue weighted by atomic mass is 19.1. The number of pyridine rings is 1. The molecule has 0 saturated heterocycles. The largest absolute Gasteiger partial charge is 0.496 e. The van der Waals surface area contributed by atoms with Crippen LogP contribution in [0.3, 0.4) is 0 Å². The molecule has 1 aliphatic carbocycles. The Morgan fingerprint density at radius 1 is 1.32 bits per heavy atom. The second-order valence-electron chi connectivity index (χ2n) is 7.35. The summed E-state index contributed by atoms with van der Waals surface area (Å²) in [4.78, 5) is 15.5. The average Bonchev–Trinajstić information content (AvgIpc) is 3.18. The maximum atomic E-state index is 14.9. The smallest absolute Gasteiger partial charge is 0.252 e. The maximum Gasteiger partial charge on any atom is 0.252 e. The Morgan fingerprint density at radius 3 is 2.79 bits per heavy atom. The second kappa shape index (κ2) is 6.91. The lowest BCUT2D eigenvalue weighted by Crippen LogP contribution is -2.14. The molecule has 2 aromatic carbocycles. The number of allylic oxidation sites excluding steroid dienone is 1. The first-order chi connectivity index (χ1) is 13.5. The van der Waals surface area contributed by atoms with Gasteiger partial charge in [-0.2, -0.15) is 0 Å². The number of hydrogen-bond donors (Lipinski definition) is 2. The van der Waals surface area contributed by atoms with Crippen LogP contribution < -0.4 is 16.0 Å². The van der Waals surface area contributed by atoms with E-state index >= 15 is 0 Å². The molecule has 4 rings (SSSR count). The van der Waals surface area contributed by atoms with Crippen molar-refractivity contribution in [3.63, 3.8) is 0 Å². The molecule has 144 valence electrons. The Kier molecular flexibility index (Phi) is 4.55. The van der Waals surface area contributed by atoms with Crippen LogP contribution in [0, 0.1) is 12.7 Å². The van der Waals surface area contributed by atoms with Crippen molar-refractivity contribution < 1.29 is 9.13 Å². The number of nitrogens with two attached hydrogens (primary N) is 1. The summed E-state index contributed by atoms with van der Waals surface area (Å²) in [6.07, 6.45) is 4.54. The van der Waals surface area contributed by atoms with Crippen LogP contribution in [0.2, 0.25) is 0 Å². The molecular formula is C23H23FN2O2. The summed E-state index contributed by atoms with van der Waals surface area (Å²) in [6.45, 7) is 4.22. The Labute approximate surface area is 162 Å². The summed E-state index contributed by atoms with van der Waals surface area (Å²) >= 11 is 0. The number of aromatic nitrogens is 1. The topological polar surface area (TPSA) is 68.1 Å². The molecule has 1 unspecified atom stereocenters. The lowest BCUT2D eigenvalue weighted by atomic mass is 9.91. The van der Waals surface area contributed by atoms with E-state index in [0.29, 0.717) is 29.8 Å². The predicted octanol–water partition coefficient (Wildman–Crippen LogP) is 4.28. The maximum absolute atomic E-state index is 14.9. The first-order valence-corrected chi connectivity index (χ1v) is 9.39. The molecule has 4 nitrogen and oxygen atoms in total. The first-order valence-electron chi connectivity index (χ1n) is 9.39. The van der Waals surface area contributed by atoms with E-state index in [4.69, 9.17) is 10.5 Å². The fraction of sp³-hybridized carbons (Fsp3) is 0.261. The Hall–Kier alpha value is -2.92. The van der Waals surface area contributed by atoms with Gasteiger partial charge >= 0.3 is 0 Å². The van der Waals surface area contributed by atoms with Crippen molar-refractivity contribution in [3.8, 4) is 16.9 Å². The van der Waals surface area contributed by atoms with Crippen molar-refractivity contribution in [1.82, 2.24) is 4.98 Å². The van der Waals surface area contributed by atoms with Crippen molar-refractivity contribution in [1.29, 1.82) is 0 Å². The predicted molar refractivity (Wildman–Crippen MR) is 111 cm³/mol. The molecule has 1 atom stereocenters. The van der Waals surface area contributed by atoms with Gasteiger partial charge in [0.25, 0.3) is 5.56 Å². The molecule has 0 saturated carbocycles. The SMILES string of the molecule is COc1cc(C)c2[nH]c(=O)c3c(c2c1-c1ccc(C(C)CN)c(F)c1)C=CC3. The van der Waals surface area contributed by atoms with Crippen LogP contribution in [0.5, 0.6) is 5.75 Å². The molecule has 3 N–H and O–H groups in total. The Morgan fingerprint density at radius 2 is 2.11 bits per heavy atom. The van der Waals surface area contributed by atoms with Gasteiger partial charge in [-0.05, 0) is 60.2 Å². The monoisotopic (exact) mass is 378 g/mol. The lowest BCUT2D eigenvalue weighted by molar-refractivity contribution is 0.416. The number of aromatic amines is 1. The van der Waals surface area contributed by atoms with Gasteiger partial charge in [0.15, 0.2) is 0 Å². The van der Waals surface area contributed by atoms with Crippen molar-refractivity contribution in [2.24, 2.45) is 5.73 Å². The van der Waals surface area contributed by atoms with Gasteiger partial charge in [0.05, 0.1) is 12.6 Å². The van der Waals surface area contributed by atoms with E-state index in [1.807, 2.05) is 38.1 Å². The highest BCUT2D eigenvalue weighted by Gasteiger charge is 2.22. The van der Waals surface area contributed by atoms with E-state index in [1.165, 1.54) is 6.07 Å². The van der Waals surface area contributed by atoms with Crippen molar-refractivity contribution in [2.45, 2.75) is 26.2 Å². The summed E-state index contributed by atoms with van der Waals surface area (Å²) in [5.74, 6) is 0.302. The molecule has 3 aromatic rings. The number of aryl methyl sites for hydroxylation is 1. The van der Waals surface area contributed by atoms with Gasteiger partial charge in [-0.1, -0.05) is 31.2 Å². The van der Waals surface area contributed by atoms with Crippen molar-refractivity contribution >= 4 is 17.0 Å². The third-order valence-electron chi connectivity index (χ3n) is 5.60. The molecule has 1 aromatic heterocycles. The van der Waals surface area contributed by atoms with Crippen LogP contribution in [0.4, 0.5) is 4.39 Å². The summed E-state index contributed by atoms with van der Waals surface area (Å²) < 4.78 is 20.5. The number of fused-ring (bicyclic) bond motifs is 3. The fourth-order valence-electron chi connectivity index (χ4n) is 4.02. The van der Waals surface area contributed by atoms with E-state index in [2.05, 4.69) is 4.98 Å². The third kappa shape index (κ3) is 2.74. The first kappa shape index (κ1) is 18.4. The third-order valence-corrected chi connectivity index (χ3v) is 5.60. The standard InChI is InChI=1S/C23H23FN2O2/c1-12-9-19(28-3)20(14-7-8-15(13(2)11-25)18(24)10-14)21-16-5-4-6-17(16)23(27)26-22(12)21/h4-5,7-10,13H,6,11,25H2,1-3H3,(H,26,27). The number of ether oxygens (including phenoxy) is 1. The van der Waals surface area contributed by atoms with Gasteiger partial charge in [0.1, 0.15) is 11.6 Å². The molecule has 0 spiro atoms. The molecule has 1 aliphatic rings. The molecule has 1 heterocycles. The van der Waals surface area contributed by atoms with Crippen LogP contribution in [0.15, 0.2) is 35.1 Å². The summed E-state index contributed by atoms with van der Waals surface area (Å²) in [7, 11) is 1.60. The zero-order chi connectivity index (χ0) is 20.0. The van der Waals surface area contributed by atoms with Crippen LogP contribution >= 0.6 is 0 Å². The van der Waals surface area contributed by atoms with Crippen molar-refractivity contribution in [3.05, 3.63) is 68.8 Å². The summed E-state index contributed by atoms with van der Waals surface area (Å²) in [5, 5.41) is 0.888. The molecule has 0 aliphatic heterocycles. The Balaban J connectivity index is 2.08. The van der Waals surface area contributed by atoms with Crippen LogP contribution in [0.25, 0.3) is 28.1 Å². The number of halogens is 1. The second-order valence-corrected chi connectivity index (χ2v) is 7.35. The van der Waals surface area contributed by atoms with Crippen molar-refractivity contribution in [2.75, 3.05) is 13.7 Å². The number of benzene rings is 2. The van der Waals surface area contributed by atoms with E-state index in [9.17, 15) is 9.18 Å². The minimum atomic E-state index is -0.289. The fourth-order valence-corrected chi connectivity index (χ4v) is 4.02. The molecule has 5 heteroatoms. The van der Waals surface area contributed by atoms with Crippen LogP contribution in [-0.2, 0) is 6.42 Å². The van der Waals surface area contributed by atoms with E-state index in [-0.39, 0.29) is 17.3 Å². The highest BCUT2D eigenvalue weighted by molar-refractivity contribution is 6.05. The summed E-state index contributed by atoms with van der Waals surface area (Å²) in [6, 6.07) is 7.10. The van der Waals surface area contributed by atoms with Crippen LogP contribution in [-0.4, -0.2) is 18.6 Å². The van der Waals surface area contributed by atoms with Gasteiger partial charge < -0.3 is 15.5 Å². The molecule has 0 radical (unpaired) electrons. The number of methoxy groups -OCH3 is 1. The highest BCUT2D eigenvalue weighted by Crippen LogP contribution is 2.42. The average molecular weight is 378 g/mol. The normalized spacial score (nSPS) is 13.8. The van der Waals surface area contributed by atoms with E-state index in [1.54, 1.807) is 13.2 Å². The molecular weight excluding hydrogens is 355 g/mol.